The summed E-state index contributed by atoms with van der Waals surface area (Å²) >= 11 is 0. The Morgan fingerprint density at radius 1 is 1.50 bits per heavy atom. The largest absolute Gasteiger partial charge is 0.497 e. The Kier molecular flexibility index (Phi) is 3.67. The van der Waals surface area contributed by atoms with Gasteiger partial charge >= 0.3 is 5.97 Å². The highest BCUT2D eigenvalue weighted by molar-refractivity contribution is 5.79. The molecule has 0 saturated heterocycles. The predicted octanol–water partition coefficient (Wildman–Crippen LogP) is 3.26. The highest BCUT2D eigenvalue weighted by Crippen LogP contribution is 2.45. The van der Waals surface area contributed by atoms with E-state index in [9.17, 15) is 9.90 Å². The van der Waals surface area contributed by atoms with Crippen LogP contribution in [-0.2, 0) is 4.79 Å². The number of hydrogen-bond acceptors (Lipinski definition) is 3. The molecule has 4 heteroatoms. The molecule has 0 fully saturated rings. The van der Waals surface area contributed by atoms with Crippen LogP contribution < -0.4 is 9.64 Å². The van der Waals surface area contributed by atoms with Gasteiger partial charge in [0.2, 0.25) is 0 Å². The molecule has 4 nitrogen and oxygen atoms in total. The first-order valence-electron chi connectivity index (χ1n) is 6.98. The first-order chi connectivity index (χ1) is 9.27. The lowest BCUT2D eigenvalue weighted by molar-refractivity contribution is -0.138. The van der Waals surface area contributed by atoms with Gasteiger partial charge in [-0.3, -0.25) is 0 Å². The number of nitrogens with zero attached hydrogens (tertiary/aromatic N) is 1. The fourth-order valence-corrected chi connectivity index (χ4v) is 3.40. The maximum Gasteiger partial charge on any atom is 0.326 e. The average molecular weight is 277 g/mol. The number of ether oxygens (including phenoxy) is 1. The standard InChI is InChI=1S/C16H23NO3/c1-10-9-16(3,4)17(11(2)15(18)19)14-7-6-12(20-5)8-13(10)14/h6-8,10-11H,9H2,1-5H3,(H,18,19). The fraction of sp³-hybridized carbons (Fsp3) is 0.562. The van der Waals surface area contributed by atoms with E-state index in [-0.39, 0.29) is 5.54 Å². The molecule has 1 N–H and O–H groups in total. The maximum absolute atomic E-state index is 11.4. The van der Waals surface area contributed by atoms with Gasteiger partial charge in [0.05, 0.1) is 7.11 Å². The van der Waals surface area contributed by atoms with Crippen molar-refractivity contribution in [2.45, 2.75) is 51.6 Å². The van der Waals surface area contributed by atoms with Gasteiger partial charge < -0.3 is 14.7 Å². The monoisotopic (exact) mass is 277 g/mol. The molecule has 0 aromatic heterocycles. The Balaban J connectivity index is 2.56. The van der Waals surface area contributed by atoms with E-state index >= 15 is 0 Å². The quantitative estimate of drug-likeness (QED) is 0.921. The molecule has 0 saturated carbocycles. The fourth-order valence-electron chi connectivity index (χ4n) is 3.40. The summed E-state index contributed by atoms with van der Waals surface area (Å²) in [6, 6.07) is 5.35. The van der Waals surface area contributed by atoms with E-state index in [4.69, 9.17) is 4.74 Å². The molecule has 0 amide bonds. The van der Waals surface area contributed by atoms with Crippen molar-refractivity contribution in [2.24, 2.45) is 0 Å². The number of carboxylic acid groups (broad SMARTS) is 1. The van der Waals surface area contributed by atoms with E-state index in [1.54, 1.807) is 14.0 Å². The van der Waals surface area contributed by atoms with Gasteiger partial charge in [-0.1, -0.05) is 6.92 Å². The lowest BCUT2D eigenvalue weighted by Crippen LogP contribution is -2.55. The smallest absolute Gasteiger partial charge is 0.326 e. The lowest BCUT2D eigenvalue weighted by Gasteiger charge is -2.49. The summed E-state index contributed by atoms with van der Waals surface area (Å²) in [5.41, 5.74) is 1.99. The number of aliphatic carboxylic acids is 1. The third-order valence-corrected chi connectivity index (χ3v) is 4.23. The van der Waals surface area contributed by atoms with Crippen molar-refractivity contribution < 1.29 is 14.6 Å². The summed E-state index contributed by atoms with van der Waals surface area (Å²) in [5, 5.41) is 9.39. The first-order valence-corrected chi connectivity index (χ1v) is 6.98. The molecule has 1 heterocycles. The van der Waals surface area contributed by atoms with E-state index in [0.717, 1.165) is 23.4 Å². The van der Waals surface area contributed by atoms with Gasteiger partial charge in [0.1, 0.15) is 11.8 Å². The molecule has 0 aliphatic carbocycles. The van der Waals surface area contributed by atoms with Crippen LogP contribution in [0, 0.1) is 0 Å². The molecule has 2 rings (SSSR count). The molecule has 110 valence electrons. The Bertz CT molecular complexity index is 524. The predicted molar refractivity (Wildman–Crippen MR) is 79.7 cm³/mol. The normalized spacial score (nSPS) is 22.1. The SMILES string of the molecule is COc1ccc2c(c1)C(C)CC(C)(C)N2C(C)C(=O)O. The molecule has 2 atom stereocenters. The van der Waals surface area contributed by atoms with Crippen molar-refractivity contribution in [1.82, 2.24) is 0 Å². The van der Waals surface area contributed by atoms with E-state index in [1.807, 2.05) is 23.1 Å². The van der Waals surface area contributed by atoms with Crippen LogP contribution in [0.4, 0.5) is 5.69 Å². The molecule has 2 unspecified atom stereocenters. The molecule has 20 heavy (non-hydrogen) atoms. The molecule has 0 radical (unpaired) electrons. The Morgan fingerprint density at radius 2 is 2.15 bits per heavy atom. The van der Waals surface area contributed by atoms with Crippen molar-refractivity contribution in [3.05, 3.63) is 23.8 Å². The van der Waals surface area contributed by atoms with Gasteiger partial charge in [-0.15, -0.1) is 0 Å². The van der Waals surface area contributed by atoms with E-state index in [1.165, 1.54) is 0 Å². The molecule has 0 bridgehead atoms. The molecular weight excluding hydrogens is 254 g/mol. The Labute approximate surface area is 120 Å². The van der Waals surface area contributed by atoms with Crippen LogP contribution in [0.15, 0.2) is 18.2 Å². The van der Waals surface area contributed by atoms with Gasteiger partial charge in [-0.05, 0) is 56.9 Å². The van der Waals surface area contributed by atoms with Crippen molar-refractivity contribution in [3.8, 4) is 5.75 Å². The van der Waals surface area contributed by atoms with Crippen LogP contribution >= 0.6 is 0 Å². The zero-order chi connectivity index (χ0) is 15.1. The third-order valence-electron chi connectivity index (χ3n) is 4.23. The second-order valence-corrected chi connectivity index (χ2v) is 6.23. The van der Waals surface area contributed by atoms with Crippen LogP contribution in [0.3, 0.4) is 0 Å². The summed E-state index contributed by atoms with van der Waals surface area (Å²) in [6.45, 7) is 8.14. The number of benzene rings is 1. The summed E-state index contributed by atoms with van der Waals surface area (Å²) < 4.78 is 5.29. The zero-order valence-corrected chi connectivity index (χ0v) is 12.8. The van der Waals surface area contributed by atoms with Gasteiger partial charge in [-0.25, -0.2) is 4.79 Å². The Hall–Kier alpha value is -1.71. The van der Waals surface area contributed by atoms with Crippen molar-refractivity contribution in [2.75, 3.05) is 12.0 Å². The van der Waals surface area contributed by atoms with Crippen LogP contribution in [0.25, 0.3) is 0 Å². The minimum absolute atomic E-state index is 0.182. The summed E-state index contributed by atoms with van der Waals surface area (Å²) in [4.78, 5) is 13.5. The van der Waals surface area contributed by atoms with Gasteiger partial charge in [0.15, 0.2) is 0 Å². The molecular formula is C16H23NO3. The minimum atomic E-state index is -0.797. The van der Waals surface area contributed by atoms with Crippen LogP contribution in [0.5, 0.6) is 5.75 Å². The minimum Gasteiger partial charge on any atom is -0.497 e. The van der Waals surface area contributed by atoms with Crippen LogP contribution in [0.2, 0.25) is 0 Å². The number of carbonyl (C=O) groups is 1. The summed E-state index contributed by atoms with van der Waals surface area (Å²) in [5.74, 6) is 0.403. The first kappa shape index (κ1) is 14.7. The molecule has 1 aromatic carbocycles. The van der Waals surface area contributed by atoms with Crippen LogP contribution in [-0.4, -0.2) is 29.8 Å². The molecule has 1 aromatic rings. The zero-order valence-electron chi connectivity index (χ0n) is 12.8. The third kappa shape index (κ3) is 2.35. The topological polar surface area (TPSA) is 49.8 Å². The lowest BCUT2D eigenvalue weighted by atomic mass is 9.79. The number of rotatable bonds is 3. The highest BCUT2D eigenvalue weighted by Gasteiger charge is 2.40. The maximum atomic E-state index is 11.4. The number of anilines is 1. The van der Waals surface area contributed by atoms with Crippen molar-refractivity contribution >= 4 is 11.7 Å². The average Bonchev–Trinajstić information content (AvgIpc) is 2.37. The van der Waals surface area contributed by atoms with Crippen molar-refractivity contribution in [3.63, 3.8) is 0 Å². The van der Waals surface area contributed by atoms with E-state index < -0.39 is 12.0 Å². The number of carboxylic acids is 1. The second kappa shape index (κ2) is 5.00. The number of fused-ring (bicyclic) bond motifs is 1. The summed E-state index contributed by atoms with van der Waals surface area (Å²) in [7, 11) is 1.65. The van der Waals surface area contributed by atoms with Gasteiger partial charge in [0.25, 0.3) is 0 Å². The highest BCUT2D eigenvalue weighted by atomic mass is 16.5. The summed E-state index contributed by atoms with van der Waals surface area (Å²) in [6.07, 6.45) is 0.921. The van der Waals surface area contributed by atoms with Crippen molar-refractivity contribution in [1.29, 1.82) is 0 Å². The molecule has 0 spiro atoms. The van der Waals surface area contributed by atoms with E-state index in [0.29, 0.717) is 5.92 Å². The molecule has 1 aliphatic rings. The number of hydrogen-bond donors (Lipinski definition) is 1. The number of methoxy groups -OCH3 is 1. The van der Waals surface area contributed by atoms with Gasteiger partial charge in [-0.2, -0.15) is 0 Å². The van der Waals surface area contributed by atoms with Gasteiger partial charge in [0, 0.05) is 11.2 Å². The second-order valence-electron chi connectivity index (χ2n) is 6.23. The Morgan fingerprint density at radius 3 is 2.70 bits per heavy atom. The molecule has 1 aliphatic heterocycles. The van der Waals surface area contributed by atoms with E-state index in [2.05, 4.69) is 20.8 Å². The van der Waals surface area contributed by atoms with Crippen LogP contribution in [0.1, 0.15) is 45.6 Å².